The van der Waals surface area contributed by atoms with Crippen LogP contribution >= 0.6 is 11.6 Å². The molecule has 0 saturated carbocycles. The number of nitrogens with zero attached hydrogens (tertiary/aromatic N) is 1. The zero-order chi connectivity index (χ0) is 9.84. The standard InChI is InChI=1S/C10H14ClNO/c1-12(2)9-6-8(7-11)4-5-10(9)13-3/h4-6H,7H2,1-3H3. The first-order valence-corrected chi connectivity index (χ1v) is 4.62. The van der Waals surface area contributed by atoms with E-state index in [1.54, 1.807) is 7.11 Å². The van der Waals surface area contributed by atoms with E-state index >= 15 is 0 Å². The maximum absolute atomic E-state index is 5.74. The Hall–Kier alpha value is -0.890. The van der Waals surface area contributed by atoms with Gasteiger partial charge in [-0.3, -0.25) is 0 Å². The topological polar surface area (TPSA) is 12.5 Å². The van der Waals surface area contributed by atoms with E-state index in [9.17, 15) is 0 Å². The van der Waals surface area contributed by atoms with Gasteiger partial charge >= 0.3 is 0 Å². The van der Waals surface area contributed by atoms with Crippen LogP contribution in [-0.4, -0.2) is 21.2 Å². The summed E-state index contributed by atoms with van der Waals surface area (Å²) in [5.41, 5.74) is 2.16. The Morgan fingerprint density at radius 2 is 2.08 bits per heavy atom. The summed E-state index contributed by atoms with van der Waals surface area (Å²) in [5, 5.41) is 0. The molecule has 1 aromatic rings. The fourth-order valence-corrected chi connectivity index (χ4v) is 1.33. The summed E-state index contributed by atoms with van der Waals surface area (Å²) in [6, 6.07) is 5.94. The Kier molecular flexibility index (Phi) is 3.43. The Balaban J connectivity index is 3.10. The van der Waals surface area contributed by atoms with Crippen molar-refractivity contribution < 1.29 is 4.74 Å². The van der Waals surface area contributed by atoms with Crippen LogP contribution in [-0.2, 0) is 5.88 Å². The van der Waals surface area contributed by atoms with Crippen molar-refractivity contribution in [1.82, 2.24) is 0 Å². The fraction of sp³-hybridized carbons (Fsp3) is 0.400. The third-order valence-electron chi connectivity index (χ3n) is 1.88. The molecular formula is C10H14ClNO. The van der Waals surface area contributed by atoms with Crippen molar-refractivity contribution in [2.45, 2.75) is 5.88 Å². The van der Waals surface area contributed by atoms with E-state index in [0.29, 0.717) is 5.88 Å². The van der Waals surface area contributed by atoms with Gasteiger partial charge < -0.3 is 9.64 Å². The molecule has 72 valence electrons. The van der Waals surface area contributed by atoms with E-state index in [1.165, 1.54) is 0 Å². The normalized spacial score (nSPS) is 9.85. The molecule has 3 heteroatoms. The van der Waals surface area contributed by atoms with Crippen LogP contribution in [0.1, 0.15) is 5.56 Å². The second-order valence-electron chi connectivity index (χ2n) is 3.03. The predicted molar refractivity (Wildman–Crippen MR) is 56.9 cm³/mol. The number of halogens is 1. The minimum atomic E-state index is 0.533. The van der Waals surface area contributed by atoms with E-state index in [2.05, 4.69) is 0 Å². The maximum atomic E-state index is 5.74. The van der Waals surface area contributed by atoms with Gasteiger partial charge in [0.15, 0.2) is 0 Å². The Labute approximate surface area is 84.1 Å². The molecule has 0 spiro atoms. The van der Waals surface area contributed by atoms with E-state index in [-0.39, 0.29) is 0 Å². The third kappa shape index (κ3) is 2.28. The lowest BCUT2D eigenvalue weighted by Gasteiger charge is -2.17. The zero-order valence-electron chi connectivity index (χ0n) is 8.17. The van der Waals surface area contributed by atoms with Crippen molar-refractivity contribution in [2.75, 3.05) is 26.1 Å². The summed E-state index contributed by atoms with van der Waals surface area (Å²) in [7, 11) is 5.63. The highest BCUT2D eigenvalue weighted by Gasteiger charge is 2.05. The van der Waals surface area contributed by atoms with Crippen LogP contribution in [0.5, 0.6) is 5.75 Å². The summed E-state index contributed by atoms with van der Waals surface area (Å²) in [5.74, 6) is 1.41. The molecule has 0 heterocycles. The van der Waals surface area contributed by atoms with Crippen molar-refractivity contribution in [2.24, 2.45) is 0 Å². The minimum Gasteiger partial charge on any atom is -0.495 e. The van der Waals surface area contributed by atoms with Crippen molar-refractivity contribution in [3.8, 4) is 5.75 Å². The van der Waals surface area contributed by atoms with Crippen LogP contribution in [0.2, 0.25) is 0 Å². The highest BCUT2D eigenvalue weighted by atomic mass is 35.5. The van der Waals surface area contributed by atoms with E-state index < -0.39 is 0 Å². The molecule has 0 aliphatic rings. The van der Waals surface area contributed by atoms with Crippen molar-refractivity contribution in [3.63, 3.8) is 0 Å². The van der Waals surface area contributed by atoms with Gasteiger partial charge in [-0.2, -0.15) is 0 Å². The van der Waals surface area contributed by atoms with Gasteiger partial charge in [0, 0.05) is 20.0 Å². The number of methoxy groups -OCH3 is 1. The second-order valence-corrected chi connectivity index (χ2v) is 3.30. The lowest BCUT2D eigenvalue weighted by Crippen LogP contribution is -2.10. The van der Waals surface area contributed by atoms with Gasteiger partial charge in [-0.25, -0.2) is 0 Å². The number of rotatable bonds is 3. The number of hydrogen-bond donors (Lipinski definition) is 0. The predicted octanol–water partition coefficient (Wildman–Crippen LogP) is 2.50. The quantitative estimate of drug-likeness (QED) is 0.694. The first-order chi connectivity index (χ1) is 6.19. The number of alkyl halides is 1. The van der Waals surface area contributed by atoms with Crippen LogP contribution in [0.3, 0.4) is 0 Å². The number of benzene rings is 1. The first-order valence-electron chi connectivity index (χ1n) is 4.09. The smallest absolute Gasteiger partial charge is 0.142 e. The highest BCUT2D eigenvalue weighted by Crippen LogP contribution is 2.28. The molecule has 0 aliphatic heterocycles. The summed E-state index contributed by atoms with van der Waals surface area (Å²) in [6.45, 7) is 0. The van der Waals surface area contributed by atoms with Crippen LogP contribution in [0, 0.1) is 0 Å². The van der Waals surface area contributed by atoms with Gasteiger partial charge in [-0.1, -0.05) is 6.07 Å². The van der Waals surface area contributed by atoms with Crippen LogP contribution in [0.25, 0.3) is 0 Å². The van der Waals surface area contributed by atoms with Crippen LogP contribution < -0.4 is 9.64 Å². The van der Waals surface area contributed by atoms with E-state index in [4.69, 9.17) is 16.3 Å². The molecule has 0 aromatic heterocycles. The number of ether oxygens (including phenoxy) is 1. The Morgan fingerprint density at radius 1 is 1.38 bits per heavy atom. The van der Waals surface area contributed by atoms with E-state index in [1.807, 2.05) is 37.2 Å². The summed E-state index contributed by atoms with van der Waals surface area (Å²) < 4.78 is 5.22. The summed E-state index contributed by atoms with van der Waals surface area (Å²) >= 11 is 5.74. The monoisotopic (exact) mass is 199 g/mol. The summed E-state index contributed by atoms with van der Waals surface area (Å²) in [4.78, 5) is 2.01. The van der Waals surface area contributed by atoms with Gasteiger partial charge in [0.05, 0.1) is 12.8 Å². The first kappa shape index (κ1) is 10.2. The Bertz CT molecular complexity index is 286. The van der Waals surface area contributed by atoms with Gasteiger partial charge in [0.2, 0.25) is 0 Å². The molecule has 0 bridgehead atoms. The molecule has 13 heavy (non-hydrogen) atoms. The van der Waals surface area contributed by atoms with E-state index in [0.717, 1.165) is 17.0 Å². The Morgan fingerprint density at radius 3 is 2.54 bits per heavy atom. The lowest BCUT2D eigenvalue weighted by molar-refractivity contribution is 0.415. The summed E-state index contributed by atoms with van der Waals surface area (Å²) in [6.07, 6.45) is 0. The lowest BCUT2D eigenvalue weighted by atomic mass is 10.2. The molecule has 1 rings (SSSR count). The average molecular weight is 200 g/mol. The molecule has 0 amide bonds. The third-order valence-corrected chi connectivity index (χ3v) is 2.19. The molecule has 0 aliphatic carbocycles. The van der Waals surface area contributed by atoms with Gasteiger partial charge in [0.25, 0.3) is 0 Å². The molecule has 0 radical (unpaired) electrons. The fourth-order valence-electron chi connectivity index (χ4n) is 1.17. The van der Waals surface area contributed by atoms with Gasteiger partial charge in [0.1, 0.15) is 5.75 Å². The molecule has 0 atom stereocenters. The van der Waals surface area contributed by atoms with Crippen molar-refractivity contribution >= 4 is 17.3 Å². The number of anilines is 1. The molecule has 2 nitrogen and oxygen atoms in total. The second kappa shape index (κ2) is 4.38. The average Bonchev–Trinajstić information content (AvgIpc) is 2.16. The highest BCUT2D eigenvalue weighted by molar-refractivity contribution is 6.17. The van der Waals surface area contributed by atoms with Crippen LogP contribution in [0.15, 0.2) is 18.2 Å². The van der Waals surface area contributed by atoms with Crippen LogP contribution in [0.4, 0.5) is 5.69 Å². The molecule has 1 aromatic carbocycles. The maximum Gasteiger partial charge on any atom is 0.142 e. The largest absolute Gasteiger partial charge is 0.495 e. The molecule has 0 fully saturated rings. The zero-order valence-corrected chi connectivity index (χ0v) is 8.93. The molecule has 0 saturated heterocycles. The minimum absolute atomic E-state index is 0.533. The molecule has 0 unspecified atom stereocenters. The van der Waals surface area contributed by atoms with Crippen molar-refractivity contribution in [1.29, 1.82) is 0 Å². The molecule has 0 N–H and O–H groups in total. The van der Waals surface area contributed by atoms with Gasteiger partial charge in [-0.05, 0) is 17.7 Å². The molecular weight excluding hydrogens is 186 g/mol. The SMILES string of the molecule is COc1ccc(CCl)cc1N(C)C. The van der Waals surface area contributed by atoms with Gasteiger partial charge in [-0.15, -0.1) is 11.6 Å². The van der Waals surface area contributed by atoms with Crippen molar-refractivity contribution in [3.05, 3.63) is 23.8 Å². The number of hydrogen-bond acceptors (Lipinski definition) is 2.